The van der Waals surface area contributed by atoms with Crippen LogP contribution in [0.3, 0.4) is 0 Å². The van der Waals surface area contributed by atoms with Crippen molar-refractivity contribution in [1.82, 2.24) is 0 Å². The smallest absolute Gasteiger partial charge is 0.0913 e. The predicted octanol–water partition coefficient (Wildman–Crippen LogP) is 5.77. The van der Waals surface area contributed by atoms with Gasteiger partial charge in [-0.2, -0.15) is 0 Å². The highest BCUT2D eigenvalue weighted by Crippen LogP contribution is 2.61. The molecule has 1 nitrogen and oxygen atoms in total. The van der Waals surface area contributed by atoms with Gasteiger partial charge in [0.2, 0.25) is 0 Å². The van der Waals surface area contributed by atoms with Gasteiger partial charge in [0, 0.05) is 68.8 Å². The number of rotatable bonds is 0. The summed E-state index contributed by atoms with van der Waals surface area (Å²) in [4.78, 5) is 0. The molecule has 0 amide bonds. The molecule has 0 aromatic rings. The van der Waals surface area contributed by atoms with Crippen molar-refractivity contribution in [2.45, 2.75) is 0 Å². The Balaban J connectivity index is 2.00. The van der Waals surface area contributed by atoms with E-state index in [1.807, 2.05) is 0 Å². The van der Waals surface area contributed by atoms with Gasteiger partial charge >= 0.3 is 0 Å². The van der Waals surface area contributed by atoms with Crippen LogP contribution in [0.1, 0.15) is 0 Å². The summed E-state index contributed by atoms with van der Waals surface area (Å²) < 4.78 is 5.09. The third-order valence-corrected chi connectivity index (χ3v) is 16.5. The lowest BCUT2D eigenvalue weighted by atomic mass is 15.9. The van der Waals surface area contributed by atoms with Crippen LogP contribution in [0.4, 0.5) is 0 Å². The molecule has 1 fully saturated rings. The normalized spacial score (nSPS) is 24.0. The molecular weight excluding hydrogens is 305 g/mol. The maximum absolute atomic E-state index is 5.09. The predicted molar refractivity (Wildman–Crippen MR) is 69.4 cm³/mol. The van der Waals surface area contributed by atoms with Crippen LogP contribution in [0.15, 0.2) is 0 Å². The molecule has 0 aromatic heterocycles. The molecule has 0 aromatic carbocycles. The Morgan fingerprint density at radius 1 is 0.500 bits per heavy atom. The Labute approximate surface area is 93.2 Å². The maximum Gasteiger partial charge on any atom is 0.0913 e. The average molecular weight is 305 g/mol. The maximum atomic E-state index is 5.09. The van der Waals surface area contributed by atoms with Crippen LogP contribution in [0.25, 0.3) is 0 Å². The first-order chi connectivity index (χ1) is 5.00. The van der Waals surface area contributed by atoms with E-state index in [1.165, 1.54) is 22.1 Å². The van der Waals surface area contributed by atoms with E-state index < -0.39 is 0 Å². The second-order valence-electron chi connectivity index (χ2n) is 0.680. The summed E-state index contributed by atoms with van der Waals surface area (Å²) in [6.45, 7) is 0. The lowest BCUT2D eigenvalue weighted by Crippen LogP contribution is -1.49. The van der Waals surface area contributed by atoms with Crippen molar-refractivity contribution in [1.29, 1.82) is 0 Å². The first-order valence-electron chi connectivity index (χ1n) is 1.67. The number of hydrogen-bond donors (Lipinski definition) is 0. The van der Waals surface area contributed by atoms with Gasteiger partial charge in [-0.15, -0.1) is 0 Å². The second-order valence-corrected chi connectivity index (χ2v) is 14.7. The Morgan fingerprint density at radius 2 is 0.900 bits per heavy atom. The van der Waals surface area contributed by atoms with Crippen molar-refractivity contribution in [3.63, 3.8) is 0 Å². The molecule has 60 valence electrons. The Bertz CT molecular complexity index is 37.9. The summed E-state index contributed by atoms with van der Waals surface area (Å²) in [5, 5.41) is 0. The monoisotopic (exact) mass is 304 g/mol. The summed E-state index contributed by atoms with van der Waals surface area (Å²) in [6.07, 6.45) is 0. The van der Waals surface area contributed by atoms with Crippen LogP contribution in [0, 0.1) is 0 Å². The molecule has 1 aliphatic heterocycles. The number of hydrogen-bond acceptors (Lipinski definition) is 10. The highest BCUT2D eigenvalue weighted by Gasteiger charge is 2.01. The van der Waals surface area contributed by atoms with Gasteiger partial charge in [-0.25, -0.2) is 3.63 Å². The molecule has 1 heterocycles. The fourth-order valence-corrected chi connectivity index (χ4v) is 18.4. The van der Waals surface area contributed by atoms with Gasteiger partial charge in [0.25, 0.3) is 0 Å². The van der Waals surface area contributed by atoms with Crippen molar-refractivity contribution in [2.24, 2.45) is 0 Å². The molecule has 0 unspecified atom stereocenters. The van der Waals surface area contributed by atoms with Crippen LogP contribution >= 0.6 is 90.9 Å². The molecule has 1 rings (SSSR count). The van der Waals surface area contributed by atoms with Crippen LogP contribution < -0.4 is 0 Å². The molecule has 1 aliphatic rings. The largest absolute Gasteiger partial charge is 0.223 e. The van der Waals surface area contributed by atoms with Crippen molar-refractivity contribution >= 4 is 90.9 Å². The third-order valence-electron chi connectivity index (χ3n) is 0.278. The van der Waals surface area contributed by atoms with E-state index in [0.29, 0.717) is 0 Å². The molecule has 0 bridgehead atoms. The van der Waals surface area contributed by atoms with Gasteiger partial charge in [0.15, 0.2) is 0 Å². The minimum atomic E-state index is 1.42. The fraction of sp³-hybridized carbons (Fsp3) is 0. The van der Waals surface area contributed by atoms with E-state index in [9.17, 15) is 0 Å². The SMILES string of the molecule is O1SSSSSSSSS1. The topological polar surface area (TPSA) is 9.23 Å². The molecule has 0 saturated carbocycles. The Morgan fingerprint density at radius 3 is 1.40 bits per heavy atom. The lowest BCUT2D eigenvalue weighted by Gasteiger charge is -2.00. The van der Waals surface area contributed by atoms with E-state index in [4.69, 9.17) is 3.63 Å². The Hall–Kier alpha value is 3.11. The zero-order valence-corrected chi connectivity index (χ0v) is 11.4. The molecular formula is OS9. The van der Waals surface area contributed by atoms with Crippen LogP contribution in [-0.2, 0) is 3.63 Å². The molecule has 0 radical (unpaired) electrons. The zero-order valence-electron chi connectivity index (χ0n) is 4.08. The zero-order chi connectivity index (χ0) is 7.07. The molecule has 10 heavy (non-hydrogen) atoms. The van der Waals surface area contributed by atoms with Gasteiger partial charge < -0.3 is 0 Å². The first kappa shape index (κ1) is 11.2. The van der Waals surface area contributed by atoms with Gasteiger partial charge in [-0.1, -0.05) is 0 Å². The standard InChI is InChI=1S/OS9/c1-2-4-6-8-10-9-7-5-3-1. The highest BCUT2D eigenvalue weighted by atomic mass is 34.0. The molecule has 0 spiro atoms. The minimum Gasteiger partial charge on any atom is -0.223 e. The van der Waals surface area contributed by atoms with Crippen LogP contribution in [0.2, 0.25) is 0 Å². The van der Waals surface area contributed by atoms with E-state index >= 15 is 0 Å². The van der Waals surface area contributed by atoms with Crippen molar-refractivity contribution in [2.75, 3.05) is 0 Å². The summed E-state index contributed by atoms with van der Waals surface area (Å²) in [5.74, 6) is 0. The summed E-state index contributed by atoms with van der Waals surface area (Å²) >= 11 is 2.83. The summed E-state index contributed by atoms with van der Waals surface area (Å²) in [5.41, 5.74) is 0. The molecule has 0 aliphatic carbocycles. The van der Waals surface area contributed by atoms with Crippen molar-refractivity contribution in [3.05, 3.63) is 0 Å². The summed E-state index contributed by atoms with van der Waals surface area (Å²) in [6, 6.07) is 0. The van der Waals surface area contributed by atoms with E-state index in [0.717, 1.165) is 0 Å². The quantitative estimate of drug-likeness (QED) is 0.401. The highest BCUT2D eigenvalue weighted by molar-refractivity contribution is 9.51. The van der Waals surface area contributed by atoms with E-state index in [-0.39, 0.29) is 0 Å². The van der Waals surface area contributed by atoms with Gasteiger partial charge in [0.05, 0.1) is 22.1 Å². The second kappa shape index (κ2) is 8.70. The fourth-order valence-electron chi connectivity index (χ4n) is 0.113. The van der Waals surface area contributed by atoms with E-state index in [1.54, 1.807) is 68.8 Å². The third kappa shape index (κ3) is 6.61. The molecule has 0 atom stereocenters. The minimum absolute atomic E-state index is 1.42. The molecule has 0 N–H and O–H groups in total. The molecule has 10 heteroatoms. The van der Waals surface area contributed by atoms with Crippen LogP contribution in [0.5, 0.6) is 0 Å². The lowest BCUT2D eigenvalue weighted by molar-refractivity contribution is 0.785. The van der Waals surface area contributed by atoms with Crippen LogP contribution in [-0.4, -0.2) is 0 Å². The van der Waals surface area contributed by atoms with Gasteiger partial charge in [-0.3, -0.25) is 0 Å². The summed E-state index contributed by atoms with van der Waals surface area (Å²) in [7, 11) is 12.1. The average Bonchev–Trinajstić information content (AvgIpc) is 2.01. The van der Waals surface area contributed by atoms with Gasteiger partial charge in [0.1, 0.15) is 0 Å². The Kier molecular flexibility index (Phi) is 9.73. The molecule has 1 saturated heterocycles. The van der Waals surface area contributed by atoms with E-state index in [2.05, 4.69) is 0 Å². The van der Waals surface area contributed by atoms with Crippen molar-refractivity contribution < 1.29 is 3.63 Å². The first-order valence-corrected chi connectivity index (χ1v) is 13.0. The van der Waals surface area contributed by atoms with Gasteiger partial charge in [-0.05, 0) is 0 Å². The van der Waals surface area contributed by atoms with Crippen molar-refractivity contribution in [3.8, 4) is 0 Å².